The number of anilines is 1. The molecule has 29 heavy (non-hydrogen) atoms. The maximum atomic E-state index is 12.2. The van der Waals surface area contributed by atoms with Crippen LogP contribution in [0.5, 0.6) is 5.75 Å². The van der Waals surface area contributed by atoms with E-state index in [1.54, 1.807) is 43.5 Å². The molecule has 0 aliphatic rings. The van der Waals surface area contributed by atoms with Crippen LogP contribution >= 0.6 is 35.0 Å². The number of hydrogen-bond acceptors (Lipinski definition) is 6. The van der Waals surface area contributed by atoms with Gasteiger partial charge in [0.2, 0.25) is 5.91 Å². The lowest BCUT2D eigenvalue weighted by Crippen LogP contribution is -2.15. The second kappa shape index (κ2) is 9.78. The Morgan fingerprint density at radius 3 is 2.76 bits per heavy atom. The van der Waals surface area contributed by atoms with Crippen LogP contribution in [0, 0.1) is 0 Å². The fourth-order valence-electron chi connectivity index (χ4n) is 2.50. The van der Waals surface area contributed by atoms with Gasteiger partial charge in [-0.05, 0) is 30.3 Å². The van der Waals surface area contributed by atoms with Crippen LogP contribution in [0.4, 0.5) is 5.82 Å². The number of nitrogens with one attached hydrogen (secondary N) is 1. The maximum Gasteiger partial charge on any atom is 0.236 e. The van der Waals surface area contributed by atoms with Crippen LogP contribution in [0.25, 0.3) is 11.4 Å². The Bertz CT molecular complexity index is 1020. The number of carbonyl (C=O) groups excluding carboxylic acids is 1. The Morgan fingerprint density at radius 1 is 1.28 bits per heavy atom. The van der Waals surface area contributed by atoms with Crippen LogP contribution in [-0.2, 0) is 11.3 Å². The molecule has 7 nitrogen and oxygen atoms in total. The largest absolute Gasteiger partial charge is 0.496 e. The zero-order valence-electron chi connectivity index (χ0n) is 15.4. The zero-order chi connectivity index (χ0) is 20.8. The maximum absolute atomic E-state index is 12.2. The quantitative estimate of drug-likeness (QED) is 0.400. The zero-order valence-corrected chi connectivity index (χ0v) is 17.8. The third-order valence-electron chi connectivity index (χ3n) is 3.76. The number of thioether (sulfide) groups is 1. The number of halogens is 2. The molecule has 0 saturated heterocycles. The summed E-state index contributed by atoms with van der Waals surface area (Å²) >= 11 is 13.2. The second-order valence-corrected chi connectivity index (χ2v) is 7.56. The minimum Gasteiger partial charge on any atom is -0.496 e. The first-order valence-corrected chi connectivity index (χ1v) is 10.2. The van der Waals surface area contributed by atoms with Gasteiger partial charge in [-0.2, -0.15) is 0 Å². The summed E-state index contributed by atoms with van der Waals surface area (Å²) in [4.78, 5) is 16.3. The number of aromatic nitrogens is 4. The van der Waals surface area contributed by atoms with E-state index >= 15 is 0 Å². The summed E-state index contributed by atoms with van der Waals surface area (Å²) < 4.78 is 7.26. The fraction of sp³-hybridized carbons (Fsp3) is 0.158. The SMILES string of the molecule is C=CCn1c(SCC(=O)Nc2ccc(Cl)cn2)nnc1-c1cc(Cl)ccc1OC. The number of pyridine rings is 1. The highest BCUT2D eigenvalue weighted by Gasteiger charge is 2.18. The third kappa shape index (κ3) is 5.29. The van der Waals surface area contributed by atoms with Crippen molar-refractivity contribution in [2.45, 2.75) is 11.7 Å². The van der Waals surface area contributed by atoms with Crippen molar-refractivity contribution in [1.82, 2.24) is 19.7 Å². The van der Waals surface area contributed by atoms with Crippen molar-refractivity contribution in [3.05, 3.63) is 59.2 Å². The molecule has 0 spiro atoms. The van der Waals surface area contributed by atoms with Crippen molar-refractivity contribution in [2.75, 3.05) is 18.2 Å². The number of hydrogen-bond donors (Lipinski definition) is 1. The van der Waals surface area contributed by atoms with Crippen molar-refractivity contribution in [1.29, 1.82) is 0 Å². The molecule has 0 saturated carbocycles. The van der Waals surface area contributed by atoms with E-state index in [1.165, 1.54) is 18.0 Å². The molecule has 3 aromatic rings. The summed E-state index contributed by atoms with van der Waals surface area (Å²) in [6, 6.07) is 8.56. The van der Waals surface area contributed by atoms with Crippen LogP contribution in [0.3, 0.4) is 0 Å². The predicted molar refractivity (Wildman–Crippen MR) is 116 cm³/mol. The number of amides is 1. The van der Waals surface area contributed by atoms with Gasteiger partial charge < -0.3 is 10.1 Å². The number of ether oxygens (including phenoxy) is 1. The first-order chi connectivity index (χ1) is 14.0. The fourth-order valence-corrected chi connectivity index (χ4v) is 3.53. The van der Waals surface area contributed by atoms with Crippen molar-refractivity contribution < 1.29 is 9.53 Å². The molecular weight excluding hydrogens is 433 g/mol. The monoisotopic (exact) mass is 449 g/mol. The molecule has 0 radical (unpaired) electrons. The standard InChI is InChI=1S/C19H17Cl2N5O2S/c1-3-8-26-18(14-9-12(20)4-6-15(14)28-2)24-25-19(26)29-11-17(27)23-16-7-5-13(21)10-22-16/h3-7,9-10H,1,8,11H2,2H3,(H,22,23,27). The molecular formula is C19H17Cl2N5O2S. The van der Waals surface area contributed by atoms with Gasteiger partial charge in [-0.3, -0.25) is 9.36 Å². The highest BCUT2D eigenvalue weighted by molar-refractivity contribution is 7.99. The summed E-state index contributed by atoms with van der Waals surface area (Å²) in [5.74, 6) is 1.53. The lowest BCUT2D eigenvalue weighted by atomic mass is 10.2. The second-order valence-electron chi connectivity index (χ2n) is 5.75. The summed E-state index contributed by atoms with van der Waals surface area (Å²) in [5, 5.41) is 12.8. The molecule has 1 aromatic carbocycles. The van der Waals surface area contributed by atoms with E-state index in [0.29, 0.717) is 44.7 Å². The number of rotatable bonds is 8. The number of carbonyl (C=O) groups is 1. The molecule has 0 aliphatic heterocycles. The highest BCUT2D eigenvalue weighted by Crippen LogP contribution is 2.33. The molecule has 0 atom stereocenters. The van der Waals surface area contributed by atoms with Crippen LogP contribution in [0.2, 0.25) is 10.0 Å². The van der Waals surface area contributed by atoms with Crippen LogP contribution < -0.4 is 10.1 Å². The molecule has 1 amide bonds. The smallest absolute Gasteiger partial charge is 0.236 e. The molecule has 2 heterocycles. The lowest BCUT2D eigenvalue weighted by Gasteiger charge is -2.11. The van der Waals surface area contributed by atoms with Crippen molar-refractivity contribution in [3.8, 4) is 17.1 Å². The van der Waals surface area contributed by atoms with E-state index < -0.39 is 0 Å². The minimum absolute atomic E-state index is 0.131. The van der Waals surface area contributed by atoms with E-state index in [2.05, 4.69) is 27.1 Å². The van der Waals surface area contributed by atoms with E-state index in [9.17, 15) is 4.79 Å². The van der Waals surface area contributed by atoms with Gasteiger partial charge in [-0.25, -0.2) is 4.98 Å². The Labute approximate surface area is 182 Å². The molecule has 0 bridgehead atoms. The number of methoxy groups -OCH3 is 1. The van der Waals surface area contributed by atoms with E-state index in [1.807, 2.05) is 4.57 Å². The normalized spacial score (nSPS) is 10.6. The summed E-state index contributed by atoms with van der Waals surface area (Å²) in [5.41, 5.74) is 0.705. The van der Waals surface area contributed by atoms with Crippen LogP contribution in [0.15, 0.2) is 54.3 Å². The van der Waals surface area contributed by atoms with Crippen molar-refractivity contribution >= 4 is 46.7 Å². The minimum atomic E-state index is -0.222. The third-order valence-corrected chi connectivity index (χ3v) is 5.18. The average Bonchev–Trinajstić information content (AvgIpc) is 3.11. The van der Waals surface area contributed by atoms with Crippen LogP contribution in [0.1, 0.15) is 0 Å². The predicted octanol–water partition coefficient (Wildman–Crippen LogP) is 4.57. The van der Waals surface area contributed by atoms with Crippen LogP contribution in [-0.4, -0.2) is 38.5 Å². The van der Waals surface area contributed by atoms with Crippen molar-refractivity contribution in [3.63, 3.8) is 0 Å². The van der Waals surface area contributed by atoms with E-state index in [4.69, 9.17) is 27.9 Å². The van der Waals surface area contributed by atoms with Gasteiger partial charge in [0.15, 0.2) is 11.0 Å². The summed E-state index contributed by atoms with van der Waals surface area (Å²) in [6.45, 7) is 4.25. The van der Waals surface area contributed by atoms with Gasteiger partial charge >= 0.3 is 0 Å². The topological polar surface area (TPSA) is 81.9 Å². The molecule has 150 valence electrons. The first-order valence-electron chi connectivity index (χ1n) is 8.44. The average molecular weight is 450 g/mol. The number of nitrogens with zero attached hydrogens (tertiary/aromatic N) is 4. The van der Waals surface area contributed by atoms with Gasteiger partial charge in [-0.15, -0.1) is 16.8 Å². The first kappa shape index (κ1) is 21.2. The molecule has 3 rings (SSSR count). The number of allylic oxidation sites excluding steroid dienone is 1. The molecule has 10 heteroatoms. The highest BCUT2D eigenvalue weighted by atomic mass is 35.5. The lowest BCUT2D eigenvalue weighted by molar-refractivity contribution is -0.113. The van der Waals surface area contributed by atoms with Gasteiger partial charge in [0.1, 0.15) is 11.6 Å². The van der Waals surface area contributed by atoms with E-state index in [-0.39, 0.29) is 11.7 Å². The number of benzene rings is 1. The Kier molecular flexibility index (Phi) is 7.13. The Morgan fingerprint density at radius 2 is 2.07 bits per heavy atom. The molecule has 0 unspecified atom stereocenters. The summed E-state index contributed by atoms with van der Waals surface area (Å²) in [6.07, 6.45) is 3.20. The van der Waals surface area contributed by atoms with Crippen molar-refractivity contribution in [2.24, 2.45) is 0 Å². The molecule has 2 aromatic heterocycles. The summed E-state index contributed by atoms with van der Waals surface area (Å²) in [7, 11) is 1.58. The Balaban J connectivity index is 1.78. The molecule has 0 fully saturated rings. The molecule has 1 N–H and O–H groups in total. The Hall–Kier alpha value is -2.55. The van der Waals surface area contributed by atoms with E-state index in [0.717, 1.165) is 0 Å². The van der Waals surface area contributed by atoms with Gasteiger partial charge in [0.05, 0.1) is 23.4 Å². The van der Waals surface area contributed by atoms with Gasteiger partial charge in [0, 0.05) is 17.8 Å². The van der Waals surface area contributed by atoms with Gasteiger partial charge in [-0.1, -0.05) is 41.0 Å². The molecule has 0 aliphatic carbocycles. The van der Waals surface area contributed by atoms with Gasteiger partial charge in [0.25, 0.3) is 0 Å².